The molecular weight excluding hydrogens is 330 g/mol. The second-order valence-electron chi connectivity index (χ2n) is 6.53. The number of hydrogen-bond acceptors (Lipinski definition) is 3. The van der Waals surface area contributed by atoms with Crippen molar-refractivity contribution in [1.29, 1.82) is 0 Å². The molecule has 2 aromatic rings. The van der Waals surface area contributed by atoms with Crippen molar-refractivity contribution in [3.8, 4) is 10.4 Å². The first-order valence-corrected chi connectivity index (χ1v) is 10.1. The van der Waals surface area contributed by atoms with Crippen LogP contribution in [0.25, 0.3) is 22.1 Å². The molecule has 1 unspecified atom stereocenters. The summed E-state index contributed by atoms with van der Waals surface area (Å²) in [5.41, 5.74) is 5.49. The highest BCUT2D eigenvalue weighted by atomic mass is 32.2. The summed E-state index contributed by atoms with van der Waals surface area (Å²) in [6.07, 6.45) is 9.12. The van der Waals surface area contributed by atoms with Gasteiger partial charge in [0.15, 0.2) is 0 Å². The third kappa shape index (κ3) is 2.80. The van der Waals surface area contributed by atoms with Gasteiger partial charge in [0.25, 0.3) is 0 Å². The van der Waals surface area contributed by atoms with Crippen LogP contribution in [0, 0.1) is 6.92 Å². The van der Waals surface area contributed by atoms with E-state index in [1.807, 2.05) is 11.3 Å². The van der Waals surface area contributed by atoms with Crippen LogP contribution in [0.15, 0.2) is 46.4 Å². The molecule has 0 fully saturated rings. The van der Waals surface area contributed by atoms with Gasteiger partial charge < -0.3 is 0 Å². The highest BCUT2D eigenvalue weighted by Gasteiger charge is 2.17. The Morgan fingerprint density at radius 3 is 2.58 bits per heavy atom. The van der Waals surface area contributed by atoms with Gasteiger partial charge in [0.1, 0.15) is 0 Å². The molecule has 1 aromatic carbocycles. The lowest BCUT2D eigenvalue weighted by Gasteiger charge is -2.15. The molecule has 1 atom stereocenters. The van der Waals surface area contributed by atoms with E-state index in [0.29, 0.717) is 5.25 Å². The third-order valence-corrected chi connectivity index (χ3v) is 6.70. The van der Waals surface area contributed by atoms with Crippen molar-refractivity contribution in [3.05, 3.63) is 63.0 Å². The zero-order chi connectivity index (χ0) is 16.7. The number of nitrogens with zero attached hydrogens (tertiary/aromatic N) is 1. The molecule has 0 spiro atoms. The first-order chi connectivity index (χ1) is 11.7. The van der Waals surface area contributed by atoms with E-state index < -0.39 is 0 Å². The fraction of sp³-hybridized carbons (Fsp3) is 0.286. The first kappa shape index (κ1) is 15.9. The molecule has 0 N–H and O–H groups in total. The number of fused-ring (bicyclic) bond motifs is 1. The van der Waals surface area contributed by atoms with Gasteiger partial charge in [-0.1, -0.05) is 42.9 Å². The number of rotatable bonds is 3. The monoisotopic (exact) mass is 351 g/mol. The first-order valence-electron chi connectivity index (χ1n) is 8.48. The molecular formula is C21H21NS2. The van der Waals surface area contributed by atoms with Crippen LogP contribution >= 0.6 is 23.3 Å². The van der Waals surface area contributed by atoms with Gasteiger partial charge in [0.2, 0.25) is 0 Å². The summed E-state index contributed by atoms with van der Waals surface area (Å²) in [6, 6.07) is 8.98. The predicted octanol–water partition coefficient (Wildman–Crippen LogP) is 5.30. The molecule has 1 aliphatic carbocycles. The number of hydrogen-bond donors (Lipinski definition) is 0. The van der Waals surface area contributed by atoms with E-state index in [0.717, 1.165) is 18.2 Å². The van der Waals surface area contributed by atoms with Gasteiger partial charge in [0, 0.05) is 25.8 Å². The van der Waals surface area contributed by atoms with Gasteiger partial charge in [-0.2, -0.15) is 0 Å². The average Bonchev–Trinajstić information content (AvgIpc) is 3.21. The van der Waals surface area contributed by atoms with Crippen LogP contribution in [-0.2, 0) is 0 Å². The van der Waals surface area contributed by atoms with Gasteiger partial charge >= 0.3 is 0 Å². The van der Waals surface area contributed by atoms with Crippen molar-refractivity contribution >= 4 is 34.9 Å². The van der Waals surface area contributed by atoms with Crippen molar-refractivity contribution in [2.24, 2.45) is 4.40 Å². The van der Waals surface area contributed by atoms with Crippen molar-refractivity contribution in [2.75, 3.05) is 0 Å². The highest BCUT2D eigenvalue weighted by Crippen LogP contribution is 2.30. The highest BCUT2D eigenvalue weighted by molar-refractivity contribution is 7.98. The van der Waals surface area contributed by atoms with Crippen LogP contribution in [0.5, 0.6) is 0 Å². The summed E-state index contributed by atoms with van der Waals surface area (Å²) >= 11 is 3.57. The fourth-order valence-corrected chi connectivity index (χ4v) is 4.99. The second kappa shape index (κ2) is 6.38. The molecule has 0 amide bonds. The van der Waals surface area contributed by atoms with E-state index in [-0.39, 0.29) is 0 Å². The largest absolute Gasteiger partial charge is 0.215 e. The van der Waals surface area contributed by atoms with Gasteiger partial charge in [-0.3, -0.25) is 0 Å². The Balaban J connectivity index is 1.93. The maximum Gasteiger partial charge on any atom is 0.0875 e. The van der Waals surface area contributed by atoms with E-state index in [4.69, 9.17) is 4.40 Å². The summed E-state index contributed by atoms with van der Waals surface area (Å²) in [6.45, 7) is 6.61. The molecule has 24 heavy (non-hydrogen) atoms. The van der Waals surface area contributed by atoms with Gasteiger partial charge in [0.05, 0.1) is 5.36 Å². The molecule has 2 heterocycles. The summed E-state index contributed by atoms with van der Waals surface area (Å²) < 4.78 is 4.93. The zero-order valence-electron chi connectivity index (χ0n) is 14.3. The standard InChI is InChI=1S/C21H21NS2/c1-4-16-12-19-17(15-7-5-13(2)11-15)8-9-18(21(19)22-24-16)20-10-6-14(3)23-20/h5-10,12,16H,4,11H2,1-3H3. The van der Waals surface area contributed by atoms with Crippen LogP contribution in [0.4, 0.5) is 0 Å². The minimum Gasteiger partial charge on any atom is -0.215 e. The Bertz CT molecular complexity index is 976. The zero-order valence-corrected chi connectivity index (χ0v) is 15.9. The maximum atomic E-state index is 4.93. The Morgan fingerprint density at radius 1 is 1.08 bits per heavy atom. The van der Waals surface area contributed by atoms with E-state index >= 15 is 0 Å². The molecule has 122 valence electrons. The van der Waals surface area contributed by atoms with Gasteiger partial charge in [-0.15, -0.1) is 11.3 Å². The Kier molecular flexibility index (Phi) is 4.23. The lowest BCUT2D eigenvalue weighted by molar-refractivity contribution is 1.000. The number of allylic oxidation sites excluding steroid dienone is 4. The fourth-order valence-electron chi connectivity index (χ4n) is 3.31. The summed E-state index contributed by atoms with van der Waals surface area (Å²) in [5.74, 6) is 0. The van der Waals surface area contributed by atoms with Crippen LogP contribution in [0.3, 0.4) is 0 Å². The minimum atomic E-state index is 0.479. The van der Waals surface area contributed by atoms with Crippen molar-refractivity contribution in [2.45, 2.75) is 38.9 Å². The molecule has 1 aliphatic heterocycles. The third-order valence-electron chi connectivity index (χ3n) is 4.64. The molecule has 0 saturated heterocycles. The quantitative estimate of drug-likeness (QED) is 0.684. The molecule has 0 radical (unpaired) electrons. The lowest BCUT2D eigenvalue weighted by Crippen LogP contribution is -2.34. The lowest BCUT2D eigenvalue weighted by atomic mass is 9.97. The van der Waals surface area contributed by atoms with Crippen molar-refractivity contribution in [3.63, 3.8) is 0 Å². The normalized spacial score (nSPS) is 19.2. The van der Waals surface area contributed by atoms with Crippen molar-refractivity contribution < 1.29 is 0 Å². The molecule has 1 nitrogen and oxygen atoms in total. The summed E-state index contributed by atoms with van der Waals surface area (Å²) in [4.78, 5) is 2.66. The molecule has 4 rings (SSSR count). The van der Waals surface area contributed by atoms with Gasteiger partial charge in [-0.05, 0) is 61.9 Å². The van der Waals surface area contributed by atoms with Crippen molar-refractivity contribution in [1.82, 2.24) is 0 Å². The second-order valence-corrected chi connectivity index (χ2v) is 8.81. The predicted molar refractivity (Wildman–Crippen MR) is 108 cm³/mol. The van der Waals surface area contributed by atoms with E-state index in [1.165, 1.54) is 37.2 Å². The molecule has 0 bridgehead atoms. The van der Waals surface area contributed by atoms with E-state index in [9.17, 15) is 0 Å². The minimum absolute atomic E-state index is 0.479. The average molecular weight is 352 g/mol. The van der Waals surface area contributed by atoms with E-state index in [1.54, 1.807) is 11.9 Å². The molecule has 0 saturated carbocycles. The molecule has 3 heteroatoms. The Hall–Kier alpha value is -1.58. The smallest absolute Gasteiger partial charge is 0.0875 e. The Labute approximate surface area is 151 Å². The van der Waals surface area contributed by atoms with Gasteiger partial charge in [-0.25, -0.2) is 4.40 Å². The van der Waals surface area contributed by atoms with E-state index in [2.05, 4.69) is 63.3 Å². The van der Waals surface area contributed by atoms with Crippen LogP contribution in [0.1, 0.15) is 37.1 Å². The number of aryl methyl sites for hydroxylation is 1. The SMILES string of the molecule is CCC1C=c2c(C3=CC=C(C)C3)ccc(-c3ccc(C)s3)c2=NS1. The maximum absolute atomic E-state index is 4.93. The summed E-state index contributed by atoms with van der Waals surface area (Å²) in [5, 5.41) is 2.97. The summed E-state index contributed by atoms with van der Waals surface area (Å²) in [7, 11) is 0. The molecule has 2 aliphatic rings. The Morgan fingerprint density at radius 2 is 1.92 bits per heavy atom. The topological polar surface area (TPSA) is 12.4 Å². The number of benzene rings is 1. The van der Waals surface area contributed by atoms with Crippen LogP contribution in [-0.4, -0.2) is 5.25 Å². The molecule has 1 aromatic heterocycles. The number of thiophene rings is 1. The van der Waals surface area contributed by atoms with Crippen LogP contribution in [0.2, 0.25) is 0 Å². The van der Waals surface area contributed by atoms with Crippen LogP contribution < -0.4 is 10.6 Å².